The fourth-order valence-corrected chi connectivity index (χ4v) is 6.48. The van der Waals surface area contributed by atoms with Crippen LogP contribution in [0.1, 0.15) is 22.3 Å². The van der Waals surface area contributed by atoms with E-state index in [0.717, 1.165) is 45.5 Å². The third-order valence-corrected chi connectivity index (χ3v) is 8.49. The van der Waals surface area contributed by atoms with Crippen molar-refractivity contribution in [2.24, 2.45) is 0 Å². The molecule has 0 aliphatic heterocycles. The van der Waals surface area contributed by atoms with Gasteiger partial charge in [0.25, 0.3) is 0 Å². The second-order valence-electron chi connectivity index (χ2n) is 10.7. The molecule has 0 bridgehead atoms. The Kier molecular flexibility index (Phi) is 4.98. The molecule has 1 aliphatic rings. The SMILES string of the molecule is Cc1cc2c(c(-c3c(-c4ccccc4)nnnc3-c3cccc4c3[nH]c3ccccc34)c1C)Cc1ccccc1-2. The minimum Gasteiger partial charge on any atom is -0.354 e. The first kappa shape index (κ1) is 22.9. The second-order valence-corrected chi connectivity index (χ2v) is 10.7. The van der Waals surface area contributed by atoms with Crippen molar-refractivity contribution in [3.05, 3.63) is 125 Å². The van der Waals surface area contributed by atoms with Crippen LogP contribution in [0, 0.1) is 13.8 Å². The van der Waals surface area contributed by atoms with E-state index in [-0.39, 0.29) is 0 Å². The van der Waals surface area contributed by atoms with Crippen molar-refractivity contribution in [1.82, 2.24) is 20.4 Å². The molecular weight excluding hydrogens is 488 g/mol. The van der Waals surface area contributed by atoms with E-state index >= 15 is 0 Å². The van der Waals surface area contributed by atoms with E-state index in [1.165, 1.54) is 49.7 Å². The van der Waals surface area contributed by atoms with Gasteiger partial charge in [0.2, 0.25) is 0 Å². The quantitative estimate of drug-likeness (QED) is 0.257. The summed E-state index contributed by atoms with van der Waals surface area (Å²) in [6.45, 7) is 4.44. The topological polar surface area (TPSA) is 54.5 Å². The number of benzene rings is 5. The maximum atomic E-state index is 4.80. The molecule has 0 atom stereocenters. The molecule has 1 aliphatic carbocycles. The molecule has 40 heavy (non-hydrogen) atoms. The van der Waals surface area contributed by atoms with Gasteiger partial charge in [-0.1, -0.05) is 97.1 Å². The summed E-state index contributed by atoms with van der Waals surface area (Å²) in [5.41, 5.74) is 16.0. The zero-order valence-electron chi connectivity index (χ0n) is 22.4. The van der Waals surface area contributed by atoms with Crippen LogP contribution in [0.5, 0.6) is 0 Å². The molecule has 1 N–H and O–H groups in total. The number of H-pyrrole nitrogens is 1. The zero-order chi connectivity index (χ0) is 26.8. The molecule has 0 fully saturated rings. The van der Waals surface area contributed by atoms with Crippen LogP contribution in [0.3, 0.4) is 0 Å². The number of hydrogen-bond acceptors (Lipinski definition) is 3. The van der Waals surface area contributed by atoms with Crippen LogP contribution < -0.4 is 0 Å². The first-order valence-electron chi connectivity index (χ1n) is 13.7. The van der Waals surface area contributed by atoms with Gasteiger partial charge in [-0.15, -0.1) is 10.2 Å². The number of nitrogens with zero attached hydrogens (tertiary/aromatic N) is 3. The average Bonchev–Trinajstić information content (AvgIpc) is 3.56. The molecule has 2 heterocycles. The Hall–Kier alpha value is -5.09. The van der Waals surface area contributed by atoms with Gasteiger partial charge in [0.1, 0.15) is 11.4 Å². The third-order valence-electron chi connectivity index (χ3n) is 8.49. The summed E-state index contributed by atoms with van der Waals surface area (Å²) in [5.74, 6) is 0. The van der Waals surface area contributed by atoms with Crippen molar-refractivity contribution in [1.29, 1.82) is 0 Å². The first-order valence-corrected chi connectivity index (χ1v) is 13.7. The molecule has 2 aromatic heterocycles. The molecule has 7 aromatic rings. The number of aromatic nitrogens is 4. The molecule has 4 nitrogen and oxygen atoms in total. The molecule has 8 rings (SSSR count). The highest BCUT2D eigenvalue weighted by molar-refractivity contribution is 6.13. The van der Waals surface area contributed by atoms with E-state index < -0.39 is 0 Å². The van der Waals surface area contributed by atoms with E-state index in [2.05, 4.69) is 121 Å². The first-order chi connectivity index (χ1) is 19.7. The Morgan fingerprint density at radius 2 is 1.35 bits per heavy atom. The molecule has 0 radical (unpaired) electrons. The predicted octanol–water partition coefficient (Wildman–Crippen LogP) is 8.70. The van der Waals surface area contributed by atoms with E-state index in [0.29, 0.717) is 0 Å². The Bertz CT molecular complexity index is 2100. The maximum Gasteiger partial charge on any atom is 0.107 e. The van der Waals surface area contributed by atoms with Crippen molar-refractivity contribution < 1.29 is 0 Å². The summed E-state index contributed by atoms with van der Waals surface area (Å²) in [4.78, 5) is 3.69. The van der Waals surface area contributed by atoms with Crippen molar-refractivity contribution in [2.45, 2.75) is 20.3 Å². The van der Waals surface area contributed by atoms with Gasteiger partial charge < -0.3 is 4.98 Å². The van der Waals surface area contributed by atoms with Crippen LogP contribution in [-0.2, 0) is 6.42 Å². The second kappa shape index (κ2) is 8.72. The molecule has 5 aromatic carbocycles. The minimum absolute atomic E-state index is 0.845. The maximum absolute atomic E-state index is 4.80. The molecule has 190 valence electrons. The van der Waals surface area contributed by atoms with Crippen molar-refractivity contribution in [3.8, 4) is 44.8 Å². The van der Waals surface area contributed by atoms with E-state index in [1.807, 2.05) is 6.07 Å². The average molecular weight is 515 g/mol. The number of nitrogens with one attached hydrogen (secondary N) is 1. The van der Waals surface area contributed by atoms with Gasteiger partial charge in [-0.2, -0.15) is 0 Å². The fourth-order valence-electron chi connectivity index (χ4n) is 6.48. The molecule has 0 saturated heterocycles. The highest BCUT2D eigenvalue weighted by Gasteiger charge is 2.29. The Morgan fingerprint density at radius 1 is 0.625 bits per heavy atom. The van der Waals surface area contributed by atoms with E-state index in [4.69, 9.17) is 10.2 Å². The van der Waals surface area contributed by atoms with Crippen LogP contribution in [0.4, 0.5) is 0 Å². The monoisotopic (exact) mass is 514 g/mol. The van der Waals surface area contributed by atoms with Crippen molar-refractivity contribution in [3.63, 3.8) is 0 Å². The summed E-state index contributed by atoms with van der Waals surface area (Å²) in [6.07, 6.45) is 0.883. The summed E-state index contributed by atoms with van der Waals surface area (Å²) in [6, 6.07) is 36.4. The normalized spacial score (nSPS) is 12.2. The lowest BCUT2D eigenvalue weighted by atomic mass is 9.85. The minimum atomic E-state index is 0.845. The highest BCUT2D eigenvalue weighted by Crippen LogP contribution is 2.49. The van der Waals surface area contributed by atoms with Crippen molar-refractivity contribution in [2.75, 3.05) is 0 Å². The zero-order valence-corrected chi connectivity index (χ0v) is 22.4. The van der Waals surface area contributed by atoms with Gasteiger partial charge in [-0.25, -0.2) is 0 Å². The Balaban J connectivity index is 1.51. The van der Waals surface area contributed by atoms with Gasteiger partial charge in [0, 0.05) is 33.0 Å². The molecule has 0 saturated carbocycles. The lowest BCUT2D eigenvalue weighted by Crippen LogP contribution is -2.04. The largest absolute Gasteiger partial charge is 0.354 e. The standard InChI is InChI=1S/C36H26N4/c1-21-19-29-25-14-7-6-13-24(25)20-30(29)32(22(21)2)33-34(23-11-4-3-5-12-23)38-40-39-36(33)28-17-10-16-27-26-15-8-9-18-31(26)37-35(27)28/h3-19,37H,20H2,1-2H3. The Morgan fingerprint density at radius 3 is 2.25 bits per heavy atom. The summed E-state index contributed by atoms with van der Waals surface area (Å²) < 4.78 is 0. The summed E-state index contributed by atoms with van der Waals surface area (Å²) in [5, 5.41) is 16.2. The van der Waals surface area contributed by atoms with Crippen LogP contribution in [0.15, 0.2) is 103 Å². The molecule has 0 amide bonds. The van der Waals surface area contributed by atoms with Crippen molar-refractivity contribution >= 4 is 21.8 Å². The smallest absolute Gasteiger partial charge is 0.107 e. The van der Waals surface area contributed by atoms with Gasteiger partial charge >= 0.3 is 0 Å². The summed E-state index contributed by atoms with van der Waals surface area (Å²) in [7, 11) is 0. The predicted molar refractivity (Wildman–Crippen MR) is 163 cm³/mol. The number of fused-ring (bicyclic) bond motifs is 6. The lowest BCUT2D eigenvalue weighted by Gasteiger charge is -2.20. The number of para-hydroxylation sites is 2. The molecular formula is C36H26N4. The van der Waals surface area contributed by atoms with E-state index in [1.54, 1.807) is 0 Å². The van der Waals surface area contributed by atoms with Gasteiger partial charge in [0.15, 0.2) is 0 Å². The van der Waals surface area contributed by atoms with Gasteiger partial charge in [-0.3, -0.25) is 0 Å². The molecule has 0 spiro atoms. The lowest BCUT2D eigenvalue weighted by molar-refractivity contribution is 0.878. The fraction of sp³-hybridized carbons (Fsp3) is 0.0833. The van der Waals surface area contributed by atoms with Crippen LogP contribution in [0.2, 0.25) is 0 Å². The third kappa shape index (κ3) is 3.29. The van der Waals surface area contributed by atoms with Crippen LogP contribution in [0.25, 0.3) is 66.6 Å². The number of aromatic amines is 1. The van der Waals surface area contributed by atoms with E-state index in [9.17, 15) is 0 Å². The van der Waals surface area contributed by atoms with Gasteiger partial charge in [-0.05, 0) is 70.5 Å². The number of aryl methyl sites for hydroxylation is 1. The Labute approximate surface area is 232 Å². The van der Waals surface area contributed by atoms with Crippen LogP contribution in [-0.4, -0.2) is 20.4 Å². The highest BCUT2D eigenvalue weighted by atomic mass is 15.3. The van der Waals surface area contributed by atoms with Crippen LogP contribution >= 0.6 is 0 Å². The van der Waals surface area contributed by atoms with Gasteiger partial charge in [0.05, 0.1) is 5.52 Å². The molecule has 0 unspecified atom stereocenters. The number of rotatable bonds is 3. The summed E-state index contributed by atoms with van der Waals surface area (Å²) >= 11 is 0. The molecule has 4 heteroatoms. The number of hydrogen-bond donors (Lipinski definition) is 1.